The molecule has 0 fully saturated rings. The molecule has 3 heteroatoms. The zero-order chi connectivity index (χ0) is 14.8. The largest absolute Gasteiger partial charge is 0.497 e. The molecule has 0 saturated heterocycles. The first kappa shape index (κ1) is 13.8. The van der Waals surface area contributed by atoms with Crippen LogP contribution >= 0.6 is 0 Å². The summed E-state index contributed by atoms with van der Waals surface area (Å²) in [5.74, 6) is 0.448. The second kappa shape index (κ2) is 5.68. The van der Waals surface area contributed by atoms with Crippen LogP contribution in [0.25, 0.3) is 0 Å². The molecular formula is C18H17FO2. The van der Waals surface area contributed by atoms with Gasteiger partial charge in [0.25, 0.3) is 0 Å². The standard InChI is InChI=1S/C18H17FO2/c1-21-15-9-10-17-13(11-15)3-2-4-16(18(17)20)12-5-7-14(19)8-6-12/h5-11,16H,2-4H2,1H3. The van der Waals surface area contributed by atoms with E-state index in [2.05, 4.69) is 0 Å². The van der Waals surface area contributed by atoms with Crippen LogP contribution in [0.15, 0.2) is 42.5 Å². The first-order valence-corrected chi connectivity index (χ1v) is 7.15. The molecule has 0 N–H and O–H groups in total. The van der Waals surface area contributed by atoms with Crippen LogP contribution in [-0.2, 0) is 6.42 Å². The van der Waals surface area contributed by atoms with Gasteiger partial charge in [-0.3, -0.25) is 4.79 Å². The number of rotatable bonds is 2. The SMILES string of the molecule is COc1ccc2c(c1)CCCC(c1ccc(F)cc1)C2=O. The zero-order valence-corrected chi connectivity index (χ0v) is 11.9. The Morgan fingerprint density at radius 1 is 1.14 bits per heavy atom. The van der Waals surface area contributed by atoms with Crippen molar-refractivity contribution in [3.63, 3.8) is 0 Å². The van der Waals surface area contributed by atoms with Crippen LogP contribution in [0.2, 0.25) is 0 Å². The van der Waals surface area contributed by atoms with E-state index < -0.39 is 0 Å². The molecule has 0 spiro atoms. The molecule has 0 bridgehead atoms. The molecule has 0 heterocycles. The summed E-state index contributed by atoms with van der Waals surface area (Å²) in [5, 5.41) is 0. The van der Waals surface area contributed by atoms with Gasteiger partial charge in [0.2, 0.25) is 0 Å². The van der Waals surface area contributed by atoms with Crippen LogP contribution in [0.1, 0.15) is 40.2 Å². The second-order valence-electron chi connectivity index (χ2n) is 5.38. The molecule has 3 rings (SSSR count). The van der Waals surface area contributed by atoms with Crippen molar-refractivity contribution in [1.82, 2.24) is 0 Å². The van der Waals surface area contributed by atoms with E-state index in [0.717, 1.165) is 41.7 Å². The molecule has 1 aliphatic carbocycles. The lowest BCUT2D eigenvalue weighted by Crippen LogP contribution is -2.12. The molecule has 0 aliphatic heterocycles. The lowest BCUT2D eigenvalue weighted by Gasteiger charge is -2.14. The first-order chi connectivity index (χ1) is 10.2. The number of hydrogen-bond acceptors (Lipinski definition) is 2. The summed E-state index contributed by atoms with van der Waals surface area (Å²) in [6.07, 6.45) is 2.60. The van der Waals surface area contributed by atoms with E-state index >= 15 is 0 Å². The molecule has 108 valence electrons. The topological polar surface area (TPSA) is 26.3 Å². The van der Waals surface area contributed by atoms with Crippen LogP contribution < -0.4 is 4.74 Å². The Morgan fingerprint density at radius 3 is 2.62 bits per heavy atom. The maximum atomic E-state index is 13.1. The minimum absolute atomic E-state index is 0.122. The summed E-state index contributed by atoms with van der Waals surface area (Å²) >= 11 is 0. The zero-order valence-electron chi connectivity index (χ0n) is 11.9. The van der Waals surface area contributed by atoms with Crippen molar-refractivity contribution in [2.45, 2.75) is 25.2 Å². The highest BCUT2D eigenvalue weighted by Gasteiger charge is 2.26. The normalized spacial score (nSPS) is 18.0. The molecule has 21 heavy (non-hydrogen) atoms. The van der Waals surface area contributed by atoms with Gasteiger partial charge in [0, 0.05) is 11.5 Å². The van der Waals surface area contributed by atoms with Gasteiger partial charge in [0.1, 0.15) is 11.6 Å². The van der Waals surface area contributed by atoms with Gasteiger partial charge in [-0.05, 0) is 60.7 Å². The third-order valence-electron chi connectivity index (χ3n) is 4.11. The van der Waals surface area contributed by atoms with Crippen molar-refractivity contribution in [3.05, 3.63) is 65.0 Å². The van der Waals surface area contributed by atoms with E-state index in [-0.39, 0.29) is 17.5 Å². The lowest BCUT2D eigenvalue weighted by molar-refractivity contribution is 0.0957. The number of aryl methyl sites for hydroxylation is 1. The molecule has 0 radical (unpaired) electrons. The van der Waals surface area contributed by atoms with Crippen molar-refractivity contribution in [1.29, 1.82) is 0 Å². The summed E-state index contributed by atoms with van der Waals surface area (Å²) in [6, 6.07) is 11.9. The molecule has 2 nitrogen and oxygen atoms in total. The van der Waals surface area contributed by atoms with E-state index in [1.54, 1.807) is 19.2 Å². The van der Waals surface area contributed by atoms with E-state index in [0.29, 0.717) is 0 Å². The fourth-order valence-electron chi connectivity index (χ4n) is 2.97. The van der Waals surface area contributed by atoms with Crippen molar-refractivity contribution in [3.8, 4) is 5.75 Å². The van der Waals surface area contributed by atoms with Gasteiger partial charge >= 0.3 is 0 Å². The summed E-state index contributed by atoms with van der Waals surface area (Å²) in [6.45, 7) is 0. The summed E-state index contributed by atoms with van der Waals surface area (Å²) in [4.78, 5) is 12.8. The molecule has 1 unspecified atom stereocenters. The van der Waals surface area contributed by atoms with Crippen LogP contribution in [0.5, 0.6) is 5.75 Å². The highest BCUT2D eigenvalue weighted by molar-refractivity contribution is 6.02. The van der Waals surface area contributed by atoms with Gasteiger partial charge in [-0.15, -0.1) is 0 Å². The molecule has 1 aliphatic rings. The maximum absolute atomic E-state index is 13.1. The van der Waals surface area contributed by atoms with Crippen LogP contribution in [0.4, 0.5) is 4.39 Å². The van der Waals surface area contributed by atoms with Crippen LogP contribution in [0.3, 0.4) is 0 Å². The number of carbonyl (C=O) groups is 1. The number of halogens is 1. The molecule has 1 atom stereocenters. The highest BCUT2D eigenvalue weighted by Crippen LogP contribution is 2.33. The van der Waals surface area contributed by atoms with E-state index in [4.69, 9.17) is 4.74 Å². The molecule has 2 aromatic rings. The number of carbonyl (C=O) groups excluding carboxylic acids is 1. The van der Waals surface area contributed by atoms with Gasteiger partial charge in [0.15, 0.2) is 5.78 Å². The molecule has 0 amide bonds. The van der Waals surface area contributed by atoms with Crippen molar-refractivity contribution in [2.24, 2.45) is 0 Å². The molecular weight excluding hydrogens is 267 g/mol. The Morgan fingerprint density at radius 2 is 1.90 bits per heavy atom. The van der Waals surface area contributed by atoms with Crippen LogP contribution in [0, 0.1) is 5.82 Å². The third-order valence-corrected chi connectivity index (χ3v) is 4.11. The van der Waals surface area contributed by atoms with E-state index in [9.17, 15) is 9.18 Å². The number of methoxy groups -OCH3 is 1. The molecule has 0 saturated carbocycles. The van der Waals surface area contributed by atoms with Gasteiger partial charge in [-0.2, -0.15) is 0 Å². The van der Waals surface area contributed by atoms with Gasteiger partial charge in [0.05, 0.1) is 7.11 Å². The average Bonchev–Trinajstić information content (AvgIpc) is 2.67. The number of Topliss-reactive ketones (excluding diaryl/α,β-unsaturated/α-hetero) is 1. The molecule has 2 aromatic carbocycles. The highest BCUT2D eigenvalue weighted by atomic mass is 19.1. The number of benzene rings is 2. The van der Waals surface area contributed by atoms with Crippen LogP contribution in [-0.4, -0.2) is 12.9 Å². The number of ketones is 1. The van der Waals surface area contributed by atoms with Crippen molar-refractivity contribution in [2.75, 3.05) is 7.11 Å². The Kier molecular flexibility index (Phi) is 3.74. The third kappa shape index (κ3) is 2.68. The Labute approximate surface area is 123 Å². The predicted octanol–water partition coefficient (Wildman–Crippen LogP) is 4.14. The Bertz CT molecular complexity index is 661. The Hall–Kier alpha value is -2.16. The monoisotopic (exact) mass is 284 g/mol. The number of hydrogen-bond donors (Lipinski definition) is 0. The summed E-state index contributed by atoms with van der Waals surface area (Å²) < 4.78 is 18.3. The smallest absolute Gasteiger partial charge is 0.170 e. The fraction of sp³-hybridized carbons (Fsp3) is 0.278. The first-order valence-electron chi connectivity index (χ1n) is 7.15. The fourth-order valence-corrected chi connectivity index (χ4v) is 2.97. The number of fused-ring (bicyclic) bond motifs is 1. The predicted molar refractivity (Wildman–Crippen MR) is 79.4 cm³/mol. The summed E-state index contributed by atoms with van der Waals surface area (Å²) in [5.41, 5.74) is 2.71. The van der Waals surface area contributed by atoms with E-state index in [1.165, 1.54) is 12.1 Å². The second-order valence-corrected chi connectivity index (χ2v) is 5.38. The van der Waals surface area contributed by atoms with Gasteiger partial charge < -0.3 is 4.74 Å². The maximum Gasteiger partial charge on any atom is 0.170 e. The lowest BCUT2D eigenvalue weighted by atomic mass is 9.88. The van der Waals surface area contributed by atoms with Crippen molar-refractivity contribution >= 4 is 5.78 Å². The number of ether oxygens (including phenoxy) is 1. The quantitative estimate of drug-likeness (QED) is 0.775. The average molecular weight is 284 g/mol. The van der Waals surface area contributed by atoms with E-state index in [1.807, 2.05) is 18.2 Å². The molecule has 0 aromatic heterocycles. The Balaban J connectivity index is 1.98. The minimum atomic E-state index is -0.273. The van der Waals surface area contributed by atoms with Gasteiger partial charge in [-0.25, -0.2) is 4.39 Å². The van der Waals surface area contributed by atoms with Gasteiger partial charge in [-0.1, -0.05) is 12.1 Å². The summed E-state index contributed by atoms with van der Waals surface area (Å²) in [7, 11) is 1.63. The van der Waals surface area contributed by atoms with Crippen molar-refractivity contribution < 1.29 is 13.9 Å². The minimum Gasteiger partial charge on any atom is -0.497 e.